The Morgan fingerprint density at radius 2 is 1.95 bits per heavy atom. The van der Waals surface area contributed by atoms with Gasteiger partial charge >= 0.3 is 5.97 Å². The molecule has 0 atom stereocenters. The Morgan fingerprint density at radius 1 is 1.29 bits per heavy atom. The fourth-order valence-electron chi connectivity index (χ4n) is 2.28. The van der Waals surface area contributed by atoms with Crippen molar-refractivity contribution in [2.75, 3.05) is 12.9 Å². The van der Waals surface area contributed by atoms with Crippen LogP contribution in [0.5, 0.6) is 0 Å². The summed E-state index contributed by atoms with van der Waals surface area (Å²) in [5.74, 6) is -0.438. The van der Waals surface area contributed by atoms with Gasteiger partial charge in [-0.1, -0.05) is 17.3 Å². The fraction of sp³-hybridized carbons (Fsp3) is 0.500. The number of benzene rings is 1. The van der Waals surface area contributed by atoms with Gasteiger partial charge in [-0.15, -0.1) is 11.8 Å². The van der Waals surface area contributed by atoms with E-state index in [1.807, 2.05) is 30.5 Å². The first-order valence-electron chi connectivity index (χ1n) is 7.30. The summed E-state index contributed by atoms with van der Waals surface area (Å²) in [6.45, 7) is 2.11. The van der Waals surface area contributed by atoms with Crippen molar-refractivity contribution in [2.24, 2.45) is 5.16 Å². The number of carbonyl (C=O) groups is 1. The first-order valence-corrected chi connectivity index (χ1v) is 8.52. The topological polar surface area (TPSA) is 47.9 Å². The predicted octanol–water partition coefficient (Wildman–Crippen LogP) is 3.63. The average Bonchev–Trinajstić information content (AvgIpc) is 3.02. The highest BCUT2D eigenvalue weighted by molar-refractivity contribution is 7.98. The van der Waals surface area contributed by atoms with E-state index in [1.54, 1.807) is 18.7 Å². The quantitative estimate of drug-likeness (QED) is 0.348. The minimum absolute atomic E-state index is 0.125. The number of oxime groups is 1. The van der Waals surface area contributed by atoms with E-state index in [0.717, 1.165) is 36.1 Å². The van der Waals surface area contributed by atoms with Crippen LogP contribution >= 0.6 is 11.8 Å². The SMILES string of the molecule is CCOC(=O)/C(=N/OC1CCCC1)c1ccc(SC)cc1. The molecule has 1 aromatic carbocycles. The van der Waals surface area contributed by atoms with Crippen LogP contribution in [0.1, 0.15) is 38.2 Å². The molecule has 21 heavy (non-hydrogen) atoms. The van der Waals surface area contributed by atoms with Crippen molar-refractivity contribution in [3.05, 3.63) is 29.8 Å². The molecule has 0 amide bonds. The summed E-state index contributed by atoms with van der Waals surface area (Å²) in [7, 11) is 0. The molecule has 2 rings (SSSR count). The highest BCUT2D eigenvalue weighted by Gasteiger charge is 2.20. The summed E-state index contributed by atoms with van der Waals surface area (Å²) in [5, 5.41) is 4.09. The first kappa shape index (κ1) is 15.9. The molecule has 1 saturated carbocycles. The summed E-state index contributed by atoms with van der Waals surface area (Å²) < 4.78 is 5.08. The zero-order valence-electron chi connectivity index (χ0n) is 12.5. The van der Waals surface area contributed by atoms with Gasteiger partial charge in [0.25, 0.3) is 0 Å². The molecule has 0 saturated heterocycles. The van der Waals surface area contributed by atoms with E-state index in [4.69, 9.17) is 9.57 Å². The van der Waals surface area contributed by atoms with Gasteiger partial charge in [-0.25, -0.2) is 4.79 Å². The second kappa shape index (κ2) is 8.08. The number of hydrogen-bond donors (Lipinski definition) is 0. The minimum atomic E-state index is -0.438. The Labute approximate surface area is 129 Å². The lowest BCUT2D eigenvalue weighted by Gasteiger charge is -2.10. The number of thioether (sulfide) groups is 1. The van der Waals surface area contributed by atoms with Crippen LogP contribution in [-0.4, -0.2) is 30.6 Å². The maximum atomic E-state index is 12.1. The van der Waals surface area contributed by atoms with Crippen molar-refractivity contribution in [2.45, 2.75) is 43.6 Å². The zero-order valence-corrected chi connectivity index (χ0v) is 13.3. The third-order valence-corrected chi connectivity index (χ3v) is 4.17. The monoisotopic (exact) mass is 307 g/mol. The van der Waals surface area contributed by atoms with Crippen molar-refractivity contribution in [3.8, 4) is 0 Å². The van der Waals surface area contributed by atoms with Crippen LogP contribution in [-0.2, 0) is 14.4 Å². The average molecular weight is 307 g/mol. The summed E-state index contributed by atoms with van der Waals surface area (Å²) in [5.41, 5.74) is 0.973. The van der Waals surface area contributed by atoms with Crippen LogP contribution < -0.4 is 0 Å². The van der Waals surface area contributed by atoms with Gasteiger partial charge < -0.3 is 9.57 Å². The van der Waals surface area contributed by atoms with Gasteiger partial charge in [-0.3, -0.25) is 0 Å². The van der Waals surface area contributed by atoms with Crippen molar-refractivity contribution in [1.29, 1.82) is 0 Å². The van der Waals surface area contributed by atoms with Crippen molar-refractivity contribution < 1.29 is 14.4 Å². The Kier molecular flexibility index (Phi) is 6.11. The van der Waals surface area contributed by atoms with E-state index in [0.29, 0.717) is 6.61 Å². The van der Waals surface area contributed by atoms with Crippen molar-refractivity contribution in [1.82, 2.24) is 0 Å². The van der Waals surface area contributed by atoms with Crippen LogP contribution in [0.3, 0.4) is 0 Å². The maximum Gasteiger partial charge on any atom is 0.361 e. The minimum Gasteiger partial charge on any atom is -0.461 e. The fourth-order valence-corrected chi connectivity index (χ4v) is 2.69. The van der Waals surface area contributed by atoms with Crippen molar-refractivity contribution in [3.63, 3.8) is 0 Å². The first-order chi connectivity index (χ1) is 10.2. The van der Waals surface area contributed by atoms with Crippen molar-refractivity contribution >= 4 is 23.4 Å². The third-order valence-electron chi connectivity index (χ3n) is 3.43. The number of esters is 1. The van der Waals surface area contributed by atoms with Crippen LogP contribution in [0.4, 0.5) is 0 Å². The largest absolute Gasteiger partial charge is 0.461 e. The molecule has 114 valence electrons. The number of hydrogen-bond acceptors (Lipinski definition) is 5. The highest BCUT2D eigenvalue weighted by atomic mass is 32.2. The molecule has 5 heteroatoms. The molecule has 0 heterocycles. The van der Waals surface area contributed by atoms with Gasteiger partial charge in [0.1, 0.15) is 6.10 Å². The molecule has 1 aromatic rings. The van der Waals surface area contributed by atoms with Gasteiger partial charge in [-0.05, 0) is 51.0 Å². The molecule has 1 aliphatic rings. The molecule has 0 aromatic heterocycles. The van der Waals surface area contributed by atoms with E-state index in [9.17, 15) is 4.79 Å². The number of carbonyl (C=O) groups excluding carboxylic acids is 1. The standard InChI is InChI=1S/C16H21NO3S/c1-3-19-16(18)15(17-20-13-6-4-5-7-13)12-8-10-14(21-2)11-9-12/h8-11,13H,3-7H2,1-2H3/b17-15+. The molecule has 1 aliphatic carbocycles. The molecule has 0 spiro atoms. The predicted molar refractivity (Wildman–Crippen MR) is 84.7 cm³/mol. The lowest BCUT2D eigenvalue weighted by atomic mass is 10.1. The molecule has 0 bridgehead atoms. The van der Waals surface area contributed by atoms with Crippen LogP contribution in [0.2, 0.25) is 0 Å². The Hall–Kier alpha value is -1.49. The normalized spacial score (nSPS) is 16.0. The summed E-state index contributed by atoms with van der Waals surface area (Å²) in [4.78, 5) is 18.7. The number of nitrogens with zero attached hydrogens (tertiary/aromatic N) is 1. The molecular weight excluding hydrogens is 286 g/mol. The summed E-state index contributed by atoms with van der Waals surface area (Å²) in [6, 6.07) is 7.67. The van der Waals surface area contributed by atoms with E-state index >= 15 is 0 Å². The maximum absolute atomic E-state index is 12.1. The Bertz CT molecular complexity index is 493. The third kappa shape index (κ3) is 4.49. The Balaban J connectivity index is 2.16. The van der Waals surface area contributed by atoms with E-state index in [2.05, 4.69) is 5.16 Å². The van der Waals surface area contributed by atoms with E-state index in [-0.39, 0.29) is 11.8 Å². The molecule has 4 nitrogen and oxygen atoms in total. The molecule has 0 aliphatic heterocycles. The van der Waals surface area contributed by atoms with E-state index < -0.39 is 5.97 Å². The molecule has 0 radical (unpaired) electrons. The summed E-state index contributed by atoms with van der Waals surface area (Å²) >= 11 is 1.65. The molecule has 0 unspecified atom stereocenters. The van der Waals surface area contributed by atoms with Gasteiger partial charge in [-0.2, -0.15) is 0 Å². The zero-order chi connectivity index (χ0) is 15.1. The number of ether oxygens (including phenoxy) is 1. The lowest BCUT2D eigenvalue weighted by molar-refractivity contribution is -0.135. The van der Waals surface area contributed by atoms with Gasteiger partial charge in [0.05, 0.1) is 6.61 Å². The summed E-state index contributed by atoms with van der Waals surface area (Å²) in [6.07, 6.45) is 6.48. The molecular formula is C16H21NO3S. The second-order valence-corrected chi connectivity index (χ2v) is 5.78. The van der Waals surface area contributed by atoms with E-state index in [1.165, 1.54) is 0 Å². The van der Waals surface area contributed by atoms with Crippen LogP contribution in [0, 0.1) is 0 Å². The molecule has 1 fully saturated rings. The smallest absolute Gasteiger partial charge is 0.361 e. The molecule has 0 N–H and O–H groups in total. The lowest BCUT2D eigenvalue weighted by Crippen LogP contribution is -2.20. The van der Waals surface area contributed by atoms with Crippen LogP contribution in [0.15, 0.2) is 34.3 Å². The van der Waals surface area contributed by atoms with Gasteiger partial charge in [0.2, 0.25) is 0 Å². The second-order valence-electron chi connectivity index (χ2n) is 4.90. The van der Waals surface area contributed by atoms with Gasteiger partial charge in [0.15, 0.2) is 5.71 Å². The Morgan fingerprint density at radius 3 is 2.52 bits per heavy atom. The number of rotatable bonds is 6. The van der Waals surface area contributed by atoms with Crippen LogP contribution in [0.25, 0.3) is 0 Å². The highest BCUT2D eigenvalue weighted by Crippen LogP contribution is 2.22. The van der Waals surface area contributed by atoms with Gasteiger partial charge in [0, 0.05) is 10.5 Å².